The summed E-state index contributed by atoms with van der Waals surface area (Å²) in [6, 6.07) is 4.91. The second kappa shape index (κ2) is 11.5. The van der Waals surface area contributed by atoms with Crippen LogP contribution in [-0.4, -0.2) is 41.1 Å². The van der Waals surface area contributed by atoms with Gasteiger partial charge >= 0.3 is 0 Å². The lowest BCUT2D eigenvalue weighted by atomic mass is 9.97. The van der Waals surface area contributed by atoms with Crippen LogP contribution < -0.4 is 16.0 Å². The van der Waals surface area contributed by atoms with Crippen molar-refractivity contribution in [3.63, 3.8) is 0 Å². The van der Waals surface area contributed by atoms with Gasteiger partial charge in [0.25, 0.3) is 5.91 Å². The van der Waals surface area contributed by atoms with Crippen molar-refractivity contribution in [1.82, 2.24) is 15.6 Å². The van der Waals surface area contributed by atoms with Gasteiger partial charge in [-0.2, -0.15) is 0 Å². The fourth-order valence-corrected chi connectivity index (χ4v) is 4.81. The minimum Gasteiger partial charge on any atom is -0.395 e. The lowest BCUT2D eigenvalue weighted by Crippen LogP contribution is -2.48. The van der Waals surface area contributed by atoms with Crippen LogP contribution in [0.3, 0.4) is 0 Å². The molecule has 1 saturated carbocycles. The van der Waals surface area contributed by atoms with Crippen molar-refractivity contribution in [2.45, 2.75) is 51.6 Å². The third kappa shape index (κ3) is 6.92. The van der Waals surface area contributed by atoms with Crippen LogP contribution in [0.25, 0.3) is 0 Å². The number of thiophene rings is 1. The molecule has 0 unspecified atom stereocenters. The molecule has 7 nitrogen and oxygen atoms in total. The second-order valence-electron chi connectivity index (χ2n) is 7.83. The predicted octanol–water partition coefficient (Wildman–Crippen LogP) is 3.50. The van der Waals surface area contributed by atoms with E-state index in [1.54, 1.807) is 12.3 Å². The highest BCUT2D eigenvalue weighted by atomic mass is 35.5. The van der Waals surface area contributed by atoms with Crippen LogP contribution in [0.15, 0.2) is 24.4 Å². The number of anilines is 1. The molecule has 0 saturated heterocycles. The molecule has 1 aliphatic rings. The Bertz CT molecular complexity index is 899. The Labute approximate surface area is 191 Å². The van der Waals surface area contributed by atoms with Gasteiger partial charge in [-0.05, 0) is 37.5 Å². The van der Waals surface area contributed by atoms with Crippen LogP contribution in [-0.2, 0) is 11.3 Å². The molecule has 0 aliphatic heterocycles. The molecule has 168 valence electrons. The Kier molecular flexibility index (Phi) is 8.69. The maximum absolute atomic E-state index is 12.8. The number of carbonyl (C=O) groups excluding carboxylic acids is 2. The third-order valence-corrected chi connectivity index (χ3v) is 6.76. The maximum Gasteiger partial charge on any atom is 0.262 e. The summed E-state index contributed by atoms with van der Waals surface area (Å²) in [7, 11) is 0. The van der Waals surface area contributed by atoms with Crippen LogP contribution in [0.5, 0.6) is 0 Å². The molecule has 3 rings (SSSR count). The van der Waals surface area contributed by atoms with Crippen LogP contribution in [0, 0.1) is 12.8 Å². The van der Waals surface area contributed by atoms with Crippen LogP contribution >= 0.6 is 22.9 Å². The first-order chi connectivity index (χ1) is 15.0. The minimum atomic E-state index is -0.592. The molecule has 1 aliphatic carbocycles. The first-order valence-corrected chi connectivity index (χ1v) is 11.8. The zero-order valence-corrected chi connectivity index (χ0v) is 19.2. The quantitative estimate of drug-likeness (QED) is 0.431. The van der Waals surface area contributed by atoms with E-state index in [-0.39, 0.29) is 25.0 Å². The van der Waals surface area contributed by atoms with Crippen LogP contribution in [0.2, 0.25) is 5.02 Å². The van der Waals surface area contributed by atoms with E-state index in [2.05, 4.69) is 20.9 Å². The van der Waals surface area contributed by atoms with Gasteiger partial charge in [0.2, 0.25) is 5.91 Å². The van der Waals surface area contributed by atoms with Gasteiger partial charge in [0, 0.05) is 24.2 Å². The van der Waals surface area contributed by atoms with Gasteiger partial charge in [0.15, 0.2) is 0 Å². The Morgan fingerprint density at radius 2 is 2.10 bits per heavy atom. The van der Waals surface area contributed by atoms with Crippen LogP contribution in [0.1, 0.15) is 52.3 Å². The van der Waals surface area contributed by atoms with E-state index in [1.165, 1.54) is 24.2 Å². The molecule has 0 bridgehead atoms. The topological polar surface area (TPSA) is 103 Å². The van der Waals surface area contributed by atoms with E-state index in [4.69, 9.17) is 16.7 Å². The van der Waals surface area contributed by atoms with Crippen molar-refractivity contribution in [3.8, 4) is 0 Å². The highest BCUT2D eigenvalue weighted by Gasteiger charge is 2.27. The fourth-order valence-electron chi connectivity index (χ4n) is 3.81. The lowest BCUT2D eigenvalue weighted by molar-refractivity contribution is -0.123. The lowest BCUT2D eigenvalue weighted by Gasteiger charge is -2.21. The molecule has 2 aromatic rings. The van der Waals surface area contributed by atoms with Gasteiger partial charge in [0.1, 0.15) is 6.04 Å². The number of hydrogen-bond acceptors (Lipinski definition) is 6. The van der Waals surface area contributed by atoms with Gasteiger partial charge in [-0.15, -0.1) is 11.3 Å². The average molecular weight is 465 g/mol. The number of pyridine rings is 1. The first-order valence-electron chi connectivity index (χ1n) is 10.6. The van der Waals surface area contributed by atoms with E-state index in [1.807, 2.05) is 19.1 Å². The first kappa shape index (κ1) is 23.5. The zero-order chi connectivity index (χ0) is 22.2. The number of nitrogens with zero attached hydrogens (tertiary/aromatic N) is 1. The maximum atomic E-state index is 12.8. The Hall–Kier alpha value is -2.16. The van der Waals surface area contributed by atoms with Gasteiger partial charge < -0.3 is 21.1 Å². The molecule has 0 aromatic carbocycles. The Morgan fingerprint density at radius 3 is 2.84 bits per heavy atom. The van der Waals surface area contributed by atoms with Crippen molar-refractivity contribution in [2.24, 2.45) is 5.92 Å². The summed E-state index contributed by atoms with van der Waals surface area (Å²) >= 11 is 7.40. The number of hydrogen-bond donors (Lipinski definition) is 4. The number of rotatable bonds is 10. The van der Waals surface area contributed by atoms with E-state index in [0.29, 0.717) is 28.8 Å². The van der Waals surface area contributed by atoms with E-state index in [0.717, 1.165) is 29.1 Å². The molecule has 2 aromatic heterocycles. The highest BCUT2D eigenvalue weighted by molar-refractivity contribution is 7.14. The highest BCUT2D eigenvalue weighted by Crippen LogP contribution is 2.29. The summed E-state index contributed by atoms with van der Waals surface area (Å²) in [6.07, 6.45) is 6.76. The predicted molar refractivity (Wildman–Crippen MR) is 124 cm³/mol. The molecule has 0 spiro atoms. The van der Waals surface area contributed by atoms with E-state index in [9.17, 15) is 9.59 Å². The molecular formula is C22H29ClN4O3S. The minimum absolute atomic E-state index is 0.126. The summed E-state index contributed by atoms with van der Waals surface area (Å²) in [5, 5.41) is 18.4. The van der Waals surface area contributed by atoms with Gasteiger partial charge in [-0.25, -0.2) is 0 Å². The van der Waals surface area contributed by atoms with E-state index >= 15 is 0 Å². The second-order valence-corrected chi connectivity index (χ2v) is 9.44. The summed E-state index contributed by atoms with van der Waals surface area (Å²) in [4.78, 5) is 31.1. The number of aryl methyl sites for hydroxylation is 1. The van der Waals surface area contributed by atoms with Gasteiger partial charge in [-0.1, -0.05) is 37.3 Å². The number of halogens is 1. The summed E-state index contributed by atoms with van der Waals surface area (Å²) < 4.78 is 0. The molecule has 9 heteroatoms. The average Bonchev–Trinajstić information content (AvgIpc) is 3.44. The molecule has 4 N–H and O–H groups in total. The summed E-state index contributed by atoms with van der Waals surface area (Å²) in [5.74, 6) is -0.0431. The normalized spacial score (nSPS) is 14.9. The van der Waals surface area contributed by atoms with E-state index < -0.39 is 6.04 Å². The van der Waals surface area contributed by atoms with Crippen molar-refractivity contribution in [1.29, 1.82) is 0 Å². The monoisotopic (exact) mass is 464 g/mol. The number of aliphatic hydroxyl groups excluding tert-OH is 1. The van der Waals surface area contributed by atoms with Crippen molar-refractivity contribution < 1.29 is 14.7 Å². The summed E-state index contributed by atoms with van der Waals surface area (Å²) in [6.45, 7) is 2.50. The molecule has 31 heavy (non-hydrogen) atoms. The molecule has 1 fully saturated rings. The molecule has 2 heterocycles. The third-order valence-electron chi connectivity index (χ3n) is 5.47. The largest absolute Gasteiger partial charge is 0.395 e. The summed E-state index contributed by atoms with van der Waals surface area (Å²) in [5.41, 5.74) is 1.70. The fraction of sp³-hybridized carbons (Fsp3) is 0.500. The smallest absolute Gasteiger partial charge is 0.262 e. The van der Waals surface area contributed by atoms with Gasteiger partial charge in [-0.3, -0.25) is 14.6 Å². The molecule has 0 radical (unpaired) electrons. The Morgan fingerprint density at radius 1 is 1.32 bits per heavy atom. The molecule has 1 atom stereocenters. The van der Waals surface area contributed by atoms with Crippen molar-refractivity contribution >= 4 is 40.4 Å². The van der Waals surface area contributed by atoms with Crippen LogP contribution in [0.4, 0.5) is 5.69 Å². The number of amides is 2. The molecule has 2 amide bonds. The van der Waals surface area contributed by atoms with Gasteiger partial charge in [0.05, 0.1) is 27.9 Å². The number of nitrogens with one attached hydrogen (secondary N) is 3. The van der Waals surface area contributed by atoms with Crippen molar-refractivity contribution in [2.75, 3.05) is 18.5 Å². The zero-order valence-electron chi connectivity index (χ0n) is 17.6. The number of aliphatic hydroxyl groups is 1. The Balaban J connectivity index is 1.60. The van der Waals surface area contributed by atoms with Crippen molar-refractivity contribution in [3.05, 3.63) is 44.9 Å². The standard InChI is InChI=1S/C22H29ClN4O3S/c1-14-18(11-16(23)12-25-14)26-13-17-6-7-20(31-17)22(30)27-19(21(29)24-8-9-28)10-15-4-2-3-5-15/h6-7,11-12,15,19,26,28H,2-5,8-10,13H2,1H3,(H,24,29)(H,27,30)/t19-/m0/s1. The molecular weight excluding hydrogens is 436 g/mol. The number of carbonyl (C=O) groups is 2. The SMILES string of the molecule is Cc1ncc(Cl)cc1NCc1ccc(C(=O)N[C@@H](CC2CCCC2)C(=O)NCCO)s1. The number of aromatic nitrogens is 1.